The van der Waals surface area contributed by atoms with Crippen LogP contribution < -0.4 is 10.4 Å². The Balaban J connectivity index is 1.79. The van der Waals surface area contributed by atoms with Gasteiger partial charge in [0.2, 0.25) is 16.7 Å². The average molecular weight is 524 g/mol. The van der Waals surface area contributed by atoms with Crippen LogP contribution >= 0.6 is 42.8 Å². The Labute approximate surface area is 193 Å². The lowest BCUT2D eigenvalue weighted by atomic mass is 10.0. The quantitative estimate of drug-likeness (QED) is 0.123. The molecule has 2 amide bonds. The Hall–Kier alpha value is -2.17. The van der Waals surface area contributed by atoms with Crippen molar-refractivity contribution < 1.29 is 38.7 Å². The van der Waals surface area contributed by atoms with E-state index in [2.05, 4.69) is 19.8 Å². The van der Waals surface area contributed by atoms with Gasteiger partial charge in [0.1, 0.15) is 23.7 Å². The van der Waals surface area contributed by atoms with Crippen LogP contribution in [0.1, 0.15) is 12.7 Å². The summed E-state index contributed by atoms with van der Waals surface area (Å²) in [5, 5.41) is 16.6. The van der Waals surface area contributed by atoms with Crippen molar-refractivity contribution in [2.75, 3.05) is 23.7 Å². The van der Waals surface area contributed by atoms with E-state index in [1.807, 2.05) is 5.09 Å². The van der Waals surface area contributed by atoms with E-state index in [9.17, 15) is 24.1 Å². The summed E-state index contributed by atoms with van der Waals surface area (Å²) in [6.45, 7) is 1.72. The zero-order valence-corrected chi connectivity index (χ0v) is 19.8. The van der Waals surface area contributed by atoms with Gasteiger partial charge in [0.05, 0.1) is 0 Å². The lowest BCUT2D eigenvalue weighted by Crippen LogP contribution is -2.71. The number of hydrogen-bond donors (Lipinski definition) is 5. The number of carboxylic acid groups (broad SMARTS) is 1. The van der Waals surface area contributed by atoms with Crippen molar-refractivity contribution in [1.29, 1.82) is 0 Å². The van der Waals surface area contributed by atoms with Crippen molar-refractivity contribution in [3.63, 3.8) is 0 Å². The Kier molecular flexibility index (Phi) is 7.46. The molecule has 0 bridgehead atoms. The van der Waals surface area contributed by atoms with Crippen LogP contribution in [-0.2, 0) is 23.8 Å². The summed E-state index contributed by atoms with van der Waals surface area (Å²) in [4.78, 5) is 65.5. The molecule has 0 aliphatic carbocycles. The van der Waals surface area contributed by atoms with Crippen molar-refractivity contribution in [2.45, 2.75) is 18.3 Å². The van der Waals surface area contributed by atoms with E-state index in [1.54, 1.807) is 13.2 Å². The number of amides is 2. The van der Waals surface area contributed by atoms with Gasteiger partial charge in [0, 0.05) is 22.2 Å². The fourth-order valence-electron chi connectivity index (χ4n) is 2.76. The molecule has 2 atom stereocenters. The number of carboxylic acids is 1. The maximum absolute atomic E-state index is 12.8. The molecule has 1 aromatic rings. The van der Waals surface area contributed by atoms with Gasteiger partial charge in [-0.05, 0) is 13.2 Å². The maximum Gasteiger partial charge on any atom is 0.429 e. The fraction of sp³-hybridized carbons (Fsp3) is 0.429. The summed E-state index contributed by atoms with van der Waals surface area (Å²) in [7, 11) is -4.63. The van der Waals surface area contributed by atoms with Gasteiger partial charge in [0.15, 0.2) is 0 Å². The molecule has 14 nitrogen and oxygen atoms in total. The summed E-state index contributed by atoms with van der Waals surface area (Å²) in [5.41, 5.74) is -0.512. The Morgan fingerprint density at radius 2 is 2.16 bits per heavy atom. The SMILES string of the molecule is CCON=C(C(=O)NC1C(=O)N2C(C(=O)O)=C(SC)CS[C@H]12)c1nsc(NP(=O)(O)O)n1. The van der Waals surface area contributed by atoms with E-state index in [0.717, 1.165) is 4.90 Å². The second-order valence-electron chi connectivity index (χ2n) is 6.08. The summed E-state index contributed by atoms with van der Waals surface area (Å²) >= 11 is 3.13. The number of β-lactam (4-membered cyclic amide) rings is 1. The van der Waals surface area contributed by atoms with Gasteiger partial charge in [-0.15, -0.1) is 23.5 Å². The van der Waals surface area contributed by atoms with E-state index in [0.29, 0.717) is 22.2 Å². The predicted molar refractivity (Wildman–Crippen MR) is 117 cm³/mol. The molecule has 0 radical (unpaired) electrons. The molecule has 2 aliphatic heterocycles. The van der Waals surface area contributed by atoms with E-state index >= 15 is 0 Å². The van der Waals surface area contributed by atoms with E-state index in [4.69, 9.17) is 14.6 Å². The zero-order valence-electron chi connectivity index (χ0n) is 16.4. The molecular weight excluding hydrogens is 507 g/mol. The third-order valence-electron chi connectivity index (χ3n) is 4.05. The van der Waals surface area contributed by atoms with Gasteiger partial charge < -0.3 is 25.0 Å². The normalized spacial score (nSPS) is 21.1. The summed E-state index contributed by atoms with van der Waals surface area (Å²) in [5.74, 6) is -2.59. The minimum absolute atomic E-state index is 0.103. The highest BCUT2D eigenvalue weighted by Crippen LogP contribution is 2.42. The summed E-state index contributed by atoms with van der Waals surface area (Å²) in [6.07, 6.45) is 1.72. The Morgan fingerprint density at radius 1 is 1.44 bits per heavy atom. The lowest BCUT2D eigenvalue weighted by Gasteiger charge is -2.49. The van der Waals surface area contributed by atoms with Gasteiger partial charge in [-0.1, -0.05) is 5.16 Å². The molecule has 0 aromatic carbocycles. The van der Waals surface area contributed by atoms with Crippen LogP contribution in [0.5, 0.6) is 0 Å². The number of fused-ring (bicyclic) bond motifs is 1. The second-order valence-corrected chi connectivity index (χ2v) is 10.1. The lowest BCUT2D eigenvalue weighted by molar-refractivity contribution is -0.150. The minimum atomic E-state index is -4.63. The number of carbonyl (C=O) groups excluding carboxylic acids is 2. The Morgan fingerprint density at radius 3 is 2.75 bits per heavy atom. The maximum atomic E-state index is 12.8. The monoisotopic (exact) mass is 524 g/mol. The molecule has 2 aliphatic rings. The molecule has 1 saturated heterocycles. The van der Waals surface area contributed by atoms with Crippen LogP contribution in [-0.4, -0.2) is 82.7 Å². The molecule has 32 heavy (non-hydrogen) atoms. The van der Waals surface area contributed by atoms with E-state index in [1.165, 1.54) is 23.5 Å². The van der Waals surface area contributed by atoms with Crippen LogP contribution in [0.4, 0.5) is 5.13 Å². The van der Waals surface area contributed by atoms with Crippen molar-refractivity contribution >= 4 is 71.4 Å². The predicted octanol–water partition coefficient (Wildman–Crippen LogP) is -0.158. The third-order valence-corrected chi connectivity index (χ3v) is 7.63. The molecule has 3 rings (SSSR count). The highest BCUT2D eigenvalue weighted by Gasteiger charge is 2.54. The summed E-state index contributed by atoms with van der Waals surface area (Å²) in [6, 6.07) is -1.01. The average Bonchev–Trinajstić information content (AvgIpc) is 3.17. The van der Waals surface area contributed by atoms with Crippen molar-refractivity contribution in [1.82, 2.24) is 19.6 Å². The number of aliphatic carboxylic acids is 1. The topological polar surface area (TPSA) is 204 Å². The molecule has 1 fully saturated rings. The van der Waals surface area contributed by atoms with Gasteiger partial charge in [-0.3, -0.25) is 19.6 Å². The van der Waals surface area contributed by atoms with Crippen molar-refractivity contribution in [3.8, 4) is 0 Å². The largest absolute Gasteiger partial charge is 0.477 e. The third kappa shape index (κ3) is 5.07. The fourth-order valence-corrected chi connectivity index (χ4v) is 6.25. The number of nitrogens with one attached hydrogen (secondary N) is 2. The number of aromatic nitrogens is 2. The number of carbonyl (C=O) groups is 3. The van der Waals surface area contributed by atoms with Crippen LogP contribution in [0, 0.1) is 0 Å². The molecule has 0 spiro atoms. The molecule has 1 unspecified atom stereocenters. The number of anilines is 1. The van der Waals surface area contributed by atoms with Gasteiger partial charge in [-0.25, -0.2) is 9.36 Å². The summed E-state index contributed by atoms with van der Waals surface area (Å²) < 4.78 is 14.9. The zero-order chi connectivity index (χ0) is 23.6. The van der Waals surface area contributed by atoms with Gasteiger partial charge >= 0.3 is 13.7 Å². The van der Waals surface area contributed by atoms with Crippen LogP contribution in [0.3, 0.4) is 0 Å². The molecule has 0 saturated carbocycles. The number of hydrogen-bond acceptors (Lipinski definition) is 11. The molecule has 174 valence electrons. The first-order valence-corrected chi connectivity index (χ1v) is 13.4. The minimum Gasteiger partial charge on any atom is -0.477 e. The van der Waals surface area contributed by atoms with E-state index in [-0.39, 0.29) is 23.3 Å². The first kappa shape index (κ1) is 24.5. The van der Waals surface area contributed by atoms with E-state index < -0.39 is 42.7 Å². The molecular formula is C14H17N6O8PS3. The van der Waals surface area contributed by atoms with Gasteiger partial charge in [-0.2, -0.15) is 9.36 Å². The number of oxime groups is 1. The number of rotatable bonds is 9. The first-order valence-electron chi connectivity index (χ1n) is 8.71. The number of nitrogens with zero attached hydrogens (tertiary/aromatic N) is 4. The van der Waals surface area contributed by atoms with Crippen molar-refractivity contribution in [2.24, 2.45) is 5.16 Å². The highest BCUT2D eigenvalue weighted by atomic mass is 32.2. The second kappa shape index (κ2) is 9.76. The molecule has 1 aromatic heterocycles. The Bertz CT molecular complexity index is 1060. The number of thioether (sulfide) groups is 2. The van der Waals surface area contributed by atoms with Crippen LogP contribution in [0.15, 0.2) is 15.8 Å². The van der Waals surface area contributed by atoms with Crippen LogP contribution in [0.2, 0.25) is 0 Å². The smallest absolute Gasteiger partial charge is 0.429 e. The standard InChI is InChI=1S/C14H17N6O8PS3/c1-3-28-17-6(9-16-14(32-19-9)18-29(25,26)27)10(21)15-7-11(22)20-8(13(23)24)5(30-2)4-31-12(7)20/h7,12H,3-4H2,1-2H3,(H,15,21)(H,23,24)(H3,16,18,19,25,26,27)/t7?,12-/m1/s1. The molecule has 5 N–H and O–H groups in total. The first-order chi connectivity index (χ1) is 15.1. The van der Waals surface area contributed by atoms with Crippen molar-refractivity contribution in [3.05, 3.63) is 16.4 Å². The van der Waals surface area contributed by atoms with Gasteiger partial charge in [0.25, 0.3) is 11.8 Å². The highest BCUT2D eigenvalue weighted by molar-refractivity contribution is 8.05. The molecule has 3 heterocycles. The van der Waals surface area contributed by atoms with Crippen LogP contribution in [0.25, 0.3) is 0 Å². The molecule has 18 heteroatoms.